The van der Waals surface area contributed by atoms with Gasteiger partial charge in [-0.25, -0.2) is 0 Å². The first-order valence-electron chi connectivity index (χ1n) is 7.53. The minimum Gasteiger partial charge on any atom is -0.332 e. The van der Waals surface area contributed by atoms with Crippen LogP contribution >= 0.6 is 23.8 Å². The van der Waals surface area contributed by atoms with Gasteiger partial charge in [-0.2, -0.15) is 0 Å². The van der Waals surface area contributed by atoms with Crippen molar-refractivity contribution < 1.29 is 0 Å². The number of hydrogen-bond donors (Lipinski definition) is 2. The third-order valence-corrected chi connectivity index (χ3v) is 4.19. The van der Waals surface area contributed by atoms with Crippen molar-refractivity contribution in [2.45, 2.75) is 33.1 Å². The molecule has 0 spiro atoms. The molecule has 2 rings (SSSR count). The highest BCUT2D eigenvalue weighted by Gasteiger charge is 2.06. The molecular weight excluding hydrogens is 312 g/mol. The molecule has 0 aromatic heterocycles. The first kappa shape index (κ1) is 16.8. The summed E-state index contributed by atoms with van der Waals surface area (Å²) in [7, 11) is 0. The number of unbranched alkanes of at least 4 members (excludes halogenated alkanes) is 1. The molecule has 2 N–H and O–H groups in total. The first-order valence-corrected chi connectivity index (χ1v) is 8.31. The highest BCUT2D eigenvalue weighted by atomic mass is 35.5. The zero-order valence-electron chi connectivity index (χ0n) is 12.9. The number of nitrogens with one attached hydrogen (secondary N) is 2. The molecule has 116 valence electrons. The van der Waals surface area contributed by atoms with Crippen LogP contribution in [0.15, 0.2) is 42.5 Å². The van der Waals surface area contributed by atoms with E-state index in [0.29, 0.717) is 5.11 Å². The molecule has 2 nitrogen and oxygen atoms in total. The summed E-state index contributed by atoms with van der Waals surface area (Å²) < 4.78 is 0. The van der Waals surface area contributed by atoms with E-state index in [1.54, 1.807) is 0 Å². The molecule has 0 saturated heterocycles. The van der Waals surface area contributed by atoms with Crippen molar-refractivity contribution in [3.63, 3.8) is 0 Å². The average molecular weight is 333 g/mol. The molecule has 0 fully saturated rings. The molecule has 0 amide bonds. The second kappa shape index (κ2) is 8.16. The molecule has 0 heterocycles. The van der Waals surface area contributed by atoms with E-state index < -0.39 is 0 Å². The van der Waals surface area contributed by atoms with Crippen LogP contribution in [-0.4, -0.2) is 5.11 Å². The first-order chi connectivity index (χ1) is 10.6. The van der Waals surface area contributed by atoms with E-state index in [1.807, 2.05) is 31.2 Å². The van der Waals surface area contributed by atoms with E-state index in [4.69, 9.17) is 23.8 Å². The monoisotopic (exact) mass is 332 g/mol. The average Bonchev–Trinajstić information content (AvgIpc) is 2.51. The highest BCUT2D eigenvalue weighted by molar-refractivity contribution is 7.80. The maximum atomic E-state index is 6.14. The van der Waals surface area contributed by atoms with Crippen LogP contribution in [0, 0.1) is 6.92 Å². The quantitative estimate of drug-likeness (QED) is 0.676. The van der Waals surface area contributed by atoms with Crippen LogP contribution in [0.5, 0.6) is 0 Å². The Bertz CT molecular complexity index is 655. The van der Waals surface area contributed by atoms with Gasteiger partial charge >= 0.3 is 0 Å². The number of anilines is 2. The Morgan fingerprint density at radius 3 is 2.50 bits per heavy atom. The number of rotatable bonds is 5. The second-order valence-electron chi connectivity index (χ2n) is 5.25. The van der Waals surface area contributed by atoms with E-state index in [-0.39, 0.29) is 0 Å². The summed E-state index contributed by atoms with van der Waals surface area (Å²) in [5.74, 6) is 0. The molecule has 0 aliphatic rings. The van der Waals surface area contributed by atoms with Crippen LogP contribution in [0.2, 0.25) is 5.02 Å². The molecule has 2 aromatic rings. The van der Waals surface area contributed by atoms with Crippen LogP contribution in [0.3, 0.4) is 0 Å². The van der Waals surface area contributed by atoms with E-state index in [1.165, 1.54) is 18.4 Å². The summed E-state index contributed by atoms with van der Waals surface area (Å²) in [5, 5.41) is 7.82. The van der Waals surface area contributed by atoms with Crippen molar-refractivity contribution in [1.82, 2.24) is 0 Å². The number of aryl methyl sites for hydroxylation is 1. The van der Waals surface area contributed by atoms with E-state index >= 15 is 0 Å². The van der Waals surface area contributed by atoms with Crippen molar-refractivity contribution >= 4 is 40.3 Å². The van der Waals surface area contributed by atoms with Crippen LogP contribution in [0.4, 0.5) is 11.4 Å². The number of thiocarbonyl (C=S) groups is 1. The second-order valence-corrected chi connectivity index (χ2v) is 6.07. The molecule has 0 aliphatic carbocycles. The highest BCUT2D eigenvalue weighted by Crippen LogP contribution is 2.23. The molecule has 4 heteroatoms. The Balaban J connectivity index is 2.07. The van der Waals surface area contributed by atoms with E-state index in [0.717, 1.165) is 28.4 Å². The summed E-state index contributed by atoms with van der Waals surface area (Å²) in [6.07, 6.45) is 3.41. The minimum atomic E-state index is 0.578. The lowest BCUT2D eigenvalue weighted by Crippen LogP contribution is -2.20. The maximum absolute atomic E-state index is 6.14. The van der Waals surface area contributed by atoms with Gasteiger partial charge in [0.1, 0.15) is 0 Å². The standard InChI is InChI=1S/C18H21ClN2S/c1-3-4-8-14-9-5-6-11-17(14)21-18(22)20-16-12-7-10-15(19)13(16)2/h5-7,9-12H,3-4,8H2,1-2H3,(H2,20,21,22). The topological polar surface area (TPSA) is 24.1 Å². The van der Waals surface area contributed by atoms with Crippen LogP contribution in [-0.2, 0) is 6.42 Å². The Kier molecular flexibility index (Phi) is 6.22. The van der Waals surface area contributed by atoms with Crippen molar-refractivity contribution in [2.75, 3.05) is 10.6 Å². The van der Waals surface area contributed by atoms with Crippen LogP contribution < -0.4 is 10.6 Å². The molecule has 0 unspecified atom stereocenters. The van der Waals surface area contributed by atoms with E-state index in [2.05, 4.69) is 35.8 Å². The van der Waals surface area contributed by atoms with Gasteiger partial charge in [0.2, 0.25) is 0 Å². The maximum Gasteiger partial charge on any atom is 0.175 e. The van der Waals surface area contributed by atoms with Gasteiger partial charge < -0.3 is 10.6 Å². The third kappa shape index (κ3) is 4.46. The molecule has 0 radical (unpaired) electrons. The zero-order chi connectivity index (χ0) is 15.9. The predicted octanol–water partition coefficient (Wildman–Crippen LogP) is 5.80. The van der Waals surface area contributed by atoms with Gasteiger partial charge in [-0.05, 0) is 61.3 Å². The van der Waals surface area contributed by atoms with Crippen LogP contribution in [0.25, 0.3) is 0 Å². The summed E-state index contributed by atoms with van der Waals surface area (Å²) in [6, 6.07) is 14.0. The predicted molar refractivity (Wildman–Crippen MR) is 101 cm³/mol. The molecule has 22 heavy (non-hydrogen) atoms. The summed E-state index contributed by atoms with van der Waals surface area (Å²) in [4.78, 5) is 0. The van der Waals surface area contributed by atoms with Gasteiger partial charge in [-0.15, -0.1) is 0 Å². The van der Waals surface area contributed by atoms with Gasteiger partial charge in [0, 0.05) is 16.4 Å². The van der Waals surface area contributed by atoms with Gasteiger partial charge in [0.15, 0.2) is 5.11 Å². The Morgan fingerprint density at radius 2 is 1.73 bits per heavy atom. The Morgan fingerprint density at radius 1 is 1.05 bits per heavy atom. The minimum absolute atomic E-state index is 0.578. The normalized spacial score (nSPS) is 10.3. The summed E-state index contributed by atoms with van der Waals surface area (Å²) in [5.41, 5.74) is 4.27. The zero-order valence-corrected chi connectivity index (χ0v) is 14.5. The van der Waals surface area contributed by atoms with Gasteiger partial charge in [0.05, 0.1) is 0 Å². The fourth-order valence-electron chi connectivity index (χ4n) is 2.25. The molecular formula is C18H21ClN2S. The number of para-hydroxylation sites is 1. The van der Waals surface area contributed by atoms with Crippen LogP contribution in [0.1, 0.15) is 30.9 Å². The fraction of sp³-hybridized carbons (Fsp3) is 0.278. The lowest BCUT2D eigenvalue weighted by molar-refractivity contribution is 0.796. The summed E-state index contributed by atoms with van der Waals surface area (Å²) >= 11 is 11.6. The number of halogens is 1. The molecule has 2 aromatic carbocycles. The SMILES string of the molecule is CCCCc1ccccc1NC(=S)Nc1cccc(Cl)c1C. The largest absolute Gasteiger partial charge is 0.332 e. The molecule has 0 atom stereocenters. The van der Waals surface area contributed by atoms with Gasteiger partial charge in [-0.1, -0.05) is 49.2 Å². The fourth-order valence-corrected chi connectivity index (χ4v) is 2.64. The third-order valence-electron chi connectivity index (χ3n) is 3.58. The lowest BCUT2D eigenvalue weighted by Gasteiger charge is -2.15. The summed E-state index contributed by atoms with van der Waals surface area (Å²) in [6.45, 7) is 4.17. The molecule has 0 bridgehead atoms. The molecule has 0 saturated carbocycles. The van der Waals surface area contributed by atoms with Gasteiger partial charge in [0.25, 0.3) is 0 Å². The molecule has 0 aliphatic heterocycles. The van der Waals surface area contributed by atoms with Crippen molar-refractivity contribution in [3.05, 3.63) is 58.6 Å². The smallest absolute Gasteiger partial charge is 0.175 e. The Labute approximate surface area is 142 Å². The Hall–Kier alpha value is -1.58. The van der Waals surface area contributed by atoms with Crippen molar-refractivity contribution in [1.29, 1.82) is 0 Å². The van der Waals surface area contributed by atoms with E-state index in [9.17, 15) is 0 Å². The van der Waals surface area contributed by atoms with Gasteiger partial charge in [-0.3, -0.25) is 0 Å². The van der Waals surface area contributed by atoms with Crippen molar-refractivity contribution in [2.24, 2.45) is 0 Å². The number of hydrogen-bond acceptors (Lipinski definition) is 1. The number of benzene rings is 2. The van der Waals surface area contributed by atoms with Crippen molar-refractivity contribution in [3.8, 4) is 0 Å². The lowest BCUT2D eigenvalue weighted by atomic mass is 10.1.